The minimum atomic E-state index is -2.83. The molecular weight excluding hydrogens is 327 g/mol. The van der Waals surface area contributed by atoms with Gasteiger partial charge in [-0.3, -0.25) is 4.90 Å². The predicted molar refractivity (Wildman–Crippen MR) is 93.0 cm³/mol. The molecule has 2 saturated heterocycles. The van der Waals surface area contributed by atoms with Gasteiger partial charge in [0.05, 0.1) is 23.9 Å². The van der Waals surface area contributed by atoms with Crippen LogP contribution in [0.1, 0.15) is 39.7 Å². The molecule has 138 valence electrons. The summed E-state index contributed by atoms with van der Waals surface area (Å²) in [6.07, 6.45) is -1.43. The van der Waals surface area contributed by atoms with Gasteiger partial charge in [-0.25, -0.2) is 8.78 Å². The average molecular weight is 353 g/mol. The maximum absolute atomic E-state index is 13.6. The third-order valence-corrected chi connectivity index (χ3v) is 5.37. The van der Waals surface area contributed by atoms with E-state index < -0.39 is 36.8 Å². The molecule has 0 aromatic heterocycles. The fourth-order valence-electron chi connectivity index (χ4n) is 3.30. The third kappa shape index (κ3) is 4.05. The van der Waals surface area contributed by atoms with Gasteiger partial charge in [0.2, 0.25) is 0 Å². The predicted octanol–water partition coefficient (Wildman–Crippen LogP) is 2.19. The molecule has 0 amide bonds. The minimum absolute atomic E-state index is 0.272. The number of piperidine rings is 1. The fourth-order valence-corrected chi connectivity index (χ4v) is 3.30. The molecule has 2 aliphatic heterocycles. The van der Waals surface area contributed by atoms with Gasteiger partial charge >= 0.3 is 7.12 Å². The molecular formula is C18H26BF2NO3. The fraction of sp³-hybridized carbons (Fsp3) is 0.667. The van der Waals surface area contributed by atoms with Crippen molar-refractivity contribution in [2.75, 3.05) is 13.1 Å². The Morgan fingerprint density at radius 1 is 1.12 bits per heavy atom. The van der Waals surface area contributed by atoms with Gasteiger partial charge in [0.25, 0.3) is 5.92 Å². The molecule has 25 heavy (non-hydrogen) atoms. The first-order valence-corrected chi connectivity index (χ1v) is 8.70. The third-order valence-electron chi connectivity index (χ3n) is 5.37. The van der Waals surface area contributed by atoms with E-state index in [-0.39, 0.29) is 13.1 Å². The smallest absolute Gasteiger partial charge is 0.399 e. The van der Waals surface area contributed by atoms with Crippen LogP contribution in [0, 0.1) is 0 Å². The van der Waals surface area contributed by atoms with Crippen LogP contribution in [0.5, 0.6) is 0 Å². The number of β-amino-alcohol motifs (C(OH)–C–C–N with tert-alkyl or cyclic N) is 1. The van der Waals surface area contributed by atoms with Crippen molar-refractivity contribution in [1.82, 2.24) is 4.90 Å². The zero-order valence-corrected chi connectivity index (χ0v) is 15.3. The maximum atomic E-state index is 13.6. The van der Waals surface area contributed by atoms with Crippen molar-refractivity contribution >= 4 is 12.6 Å². The van der Waals surface area contributed by atoms with Crippen LogP contribution in [0.2, 0.25) is 0 Å². The SMILES string of the molecule is CC1(C)OB(c2ccc(CN3CC(O)CC(F)(F)C3)cc2)OC1(C)C. The largest absolute Gasteiger partial charge is 0.494 e. The van der Waals surface area contributed by atoms with E-state index >= 15 is 0 Å². The molecule has 1 unspecified atom stereocenters. The Kier molecular flexibility index (Phi) is 4.73. The summed E-state index contributed by atoms with van der Waals surface area (Å²) in [6, 6.07) is 7.63. The quantitative estimate of drug-likeness (QED) is 0.846. The second-order valence-electron chi connectivity index (χ2n) is 8.21. The first-order valence-electron chi connectivity index (χ1n) is 8.70. The van der Waals surface area contributed by atoms with Crippen molar-refractivity contribution in [3.8, 4) is 0 Å². The van der Waals surface area contributed by atoms with E-state index in [1.54, 1.807) is 4.90 Å². The summed E-state index contributed by atoms with van der Waals surface area (Å²) in [5, 5.41) is 9.62. The highest BCUT2D eigenvalue weighted by Crippen LogP contribution is 2.36. The first kappa shape index (κ1) is 18.8. The molecule has 0 saturated carbocycles. The molecule has 1 N–H and O–H groups in total. The second-order valence-corrected chi connectivity index (χ2v) is 8.21. The molecule has 0 aliphatic carbocycles. The van der Waals surface area contributed by atoms with Crippen molar-refractivity contribution in [2.45, 2.75) is 63.9 Å². The number of likely N-dealkylation sites (tertiary alicyclic amines) is 1. The highest BCUT2D eigenvalue weighted by molar-refractivity contribution is 6.62. The Balaban J connectivity index is 1.65. The molecule has 3 rings (SSSR count). The molecule has 0 radical (unpaired) electrons. The minimum Gasteiger partial charge on any atom is -0.399 e. The zero-order chi connectivity index (χ0) is 18.5. The van der Waals surface area contributed by atoms with Gasteiger partial charge in [-0.05, 0) is 38.7 Å². The second kappa shape index (κ2) is 6.30. The molecule has 1 aromatic carbocycles. The summed E-state index contributed by atoms with van der Waals surface area (Å²) in [6.45, 7) is 8.35. The molecule has 2 aliphatic rings. The summed E-state index contributed by atoms with van der Waals surface area (Å²) >= 11 is 0. The van der Waals surface area contributed by atoms with Crippen molar-refractivity contribution in [3.05, 3.63) is 29.8 Å². The summed E-state index contributed by atoms with van der Waals surface area (Å²) in [5.74, 6) is -2.83. The lowest BCUT2D eigenvalue weighted by molar-refractivity contribution is -0.109. The van der Waals surface area contributed by atoms with Gasteiger partial charge in [-0.2, -0.15) is 0 Å². The van der Waals surface area contributed by atoms with E-state index in [9.17, 15) is 13.9 Å². The normalized spacial score (nSPS) is 28.3. The lowest BCUT2D eigenvalue weighted by Crippen LogP contribution is -2.48. The van der Waals surface area contributed by atoms with Crippen molar-refractivity contribution < 1.29 is 23.2 Å². The van der Waals surface area contributed by atoms with E-state index in [1.165, 1.54) is 0 Å². The number of hydrogen-bond acceptors (Lipinski definition) is 4. The van der Waals surface area contributed by atoms with E-state index in [4.69, 9.17) is 9.31 Å². The highest BCUT2D eigenvalue weighted by Gasteiger charge is 2.51. The number of aliphatic hydroxyl groups excluding tert-OH is 1. The van der Waals surface area contributed by atoms with Gasteiger partial charge in [0, 0.05) is 19.5 Å². The summed E-state index contributed by atoms with van der Waals surface area (Å²) < 4.78 is 39.2. The first-order chi connectivity index (χ1) is 11.5. The van der Waals surface area contributed by atoms with Gasteiger partial charge in [0.1, 0.15) is 0 Å². The van der Waals surface area contributed by atoms with Crippen molar-refractivity contribution in [1.29, 1.82) is 0 Å². The number of halogens is 2. The van der Waals surface area contributed by atoms with Crippen LogP contribution >= 0.6 is 0 Å². The monoisotopic (exact) mass is 353 g/mol. The van der Waals surface area contributed by atoms with Crippen molar-refractivity contribution in [3.63, 3.8) is 0 Å². The number of nitrogens with zero attached hydrogens (tertiary/aromatic N) is 1. The number of rotatable bonds is 3. The molecule has 0 bridgehead atoms. The Morgan fingerprint density at radius 3 is 2.20 bits per heavy atom. The van der Waals surface area contributed by atoms with Crippen LogP contribution in [0.4, 0.5) is 8.78 Å². The molecule has 2 heterocycles. The molecule has 1 aromatic rings. The average Bonchev–Trinajstić information content (AvgIpc) is 2.66. The Hall–Kier alpha value is -1.02. The Morgan fingerprint density at radius 2 is 1.68 bits per heavy atom. The summed E-state index contributed by atoms with van der Waals surface area (Å²) in [4.78, 5) is 1.60. The number of hydrogen-bond donors (Lipinski definition) is 1. The molecule has 7 heteroatoms. The summed E-state index contributed by atoms with van der Waals surface area (Å²) in [5.41, 5.74) is 1.04. The van der Waals surface area contributed by atoms with E-state index in [0.29, 0.717) is 6.54 Å². The lowest BCUT2D eigenvalue weighted by Gasteiger charge is -2.35. The Bertz CT molecular complexity index is 605. The van der Waals surface area contributed by atoms with Gasteiger partial charge in [-0.15, -0.1) is 0 Å². The number of benzene rings is 1. The molecule has 4 nitrogen and oxygen atoms in total. The maximum Gasteiger partial charge on any atom is 0.494 e. The number of aliphatic hydroxyl groups is 1. The molecule has 2 fully saturated rings. The molecule has 1 atom stereocenters. The highest BCUT2D eigenvalue weighted by atomic mass is 19.3. The Labute approximate surface area is 148 Å². The standard InChI is InChI=1S/C18H26BF2NO3/c1-16(2)17(3,4)25-19(24-16)14-7-5-13(6-8-14)10-22-11-15(23)9-18(20,21)12-22/h5-8,15,23H,9-12H2,1-4H3. The molecule has 0 spiro atoms. The van der Waals surface area contributed by atoms with E-state index in [2.05, 4.69) is 0 Å². The van der Waals surface area contributed by atoms with E-state index in [1.807, 2.05) is 52.0 Å². The zero-order valence-electron chi connectivity index (χ0n) is 15.3. The van der Waals surface area contributed by atoms with Crippen LogP contribution in [-0.4, -0.2) is 53.4 Å². The van der Waals surface area contributed by atoms with Gasteiger partial charge < -0.3 is 14.4 Å². The van der Waals surface area contributed by atoms with Gasteiger partial charge in [-0.1, -0.05) is 24.3 Å². The van der Waals surface area contributed by atoms with E-state index in [0.717, 1.165) is 11.0 Å². The van der Waals surface area contributed by atoms with Crippen LogP contribution in [0.25, 0.3) is 0 Å². The topological polar surface area (TPSA) is 41.9 Å². The number of alkyl halides is 2. The van der Waals surface area contributed by atoms with Crippen LogP contribution in [0.15, 0.2) is 24.3 Å². The lowest BCUT2D eigenvalue weighted by atomic mass is 9.79. The van der Waals surface area contributed by atoms with Crippen LogP contribution < -0.4 is 5.46 Å². The van der Waals surface area contributed by atoms with Crippen LogP contribution in [-0.2, 0) is 15.9 Å². The van der Waals surface area contributed by atoms with Crippen LogP contribution in [0.3, 0.4) is 0 Å². The summed E-state index contributed by atoms with van der Waals surface area (Å²) in [7, 11) is -0.430. The van der Waals surface area contributed by atoms with Crippen molar-refractivity contribution in [2.24, 2.45) is 0 Å². The van der Waals surface area contributed by atoms with Gasteiger partial charge in [0.15, 0.2) is 0 Å².